The van der Waals surface area contributed by atoms with Crippen molar-refractivity contribution in [3.8, 4) is 11.8 Å². The van der Waals surface area contributed by atoms with Crippen LogP contribution in [-0.4, -0.2) is 16.6 Å². The normalized spacial score (nSPS) is 22.8. The van der Waals surface area contributed by atoms with Crippen LogP contribution in [0.25, 0.3) is 0 Å². The zero-order valence-corrected chi connectivity index (χ0v) is 14.7. The van der Waals surface area contributed by atoms with Crippen molar-refractivity contribution in [1.82, 2.24) is 0 Å². The fraction of sp³-hybridized carbons (Fsp3) is 0.571. The van der Waals surface area contributed by atoms with E-state index < -0.39 is 11.5 Å². The Kier molecular flexibility index (Phi) is 6.87. The van der Waals surface area contributed by atoms with Gasteiger partial charge in [0.1, 0.15) is 5.54 Å². The van der Waals surface area contributed by atoms with E-state index in [1.807, 2.05) is 12.1 Å². The number of carboxylic acids is 1. The highest BCUT2D eigenvalue weighted by molar-refractivity contribution is 5.79. The predicted molar refractivity (Wildman–Crippen MR) is 97.8 cm³/mol. The second-order valence-electron chi connectivity index (χ2n) is 6.99. The number of hydrogen-bond donors (Lipinski definition) is 2. The Labute approximate surface area is 145 Å². The van der Waals surface area contributed by atoms with Gasteiger partial charge in [0.2, 0.25) is 0 Å². The maximum absolute atomic E-state index is 11.2. The number of benzene rings is 1. The molecule has 0 bridgehead atoms. The van der Waals surface area contributed by atoms with Crippen LogP contribution < -0.4 is 5.73 Å². The van der Waals surface area contributed by atoms with E-state index in [0.29, 0.717) is 12.8 Å². The molecule has 0 aromatic heterocycles. The highest BCUT2D eigenvalue weighted by Crippen LogP contribution is 2.39. The largest absolute Gasteiger partial charge is 0.480 e. The van der Waals surface area contributed by atoms with Gasteiger partial charge >= 0.3 is 5.97 Å². The van der Waals surface area contributed by atoms with Gasteiger partial charge < -0.3 is 10.8 Å². The van der Waals surface area contributed by atoms with E-state index in [-0.39, 0.29) is 5.92 Å². The topological polar surface area (TPSA) is 63.3 Å². The Morgan fingerprint density at radius 3 is 2.58 bits per heavy atom. The van der Waals surface area contributed by atoms with Crippen LogP contribution in [0.5, 0.6) is 0 Å². The van der Waals surface area contributed by atoms with Crippen LogP contribution in [-0.2, 0) is 4.79 Å². The Balaban J connectivity index is 1.83. The lowest BCUT2D eigenvalue weighted by Gasteiger charge is -2.18. The first-order valence-corrected chi connectivity index (χ1v) is 9.16. The van der Waals surface area contributed by atoms with Crippen molar-refractivity contribution < 1.29 is 9.90 Å². The van der Waals surface area contributed by atoms with Crippen molar-refractivity contribution in [1.29, 1.82) is 0 Å². The van der Waals surface area contributed by atoms with Crippen molar-refractivity contribution in [2.45, 2.75) is 76.2 Å². The molecule has 0 amide bonds. The molecule has 1 aliphatic rings. The van der Waals surface area contributed by atoms with E-state index in [4.69, 9.17) is 5.73 Å². The van der Waals surface area contributed by atoms with Gasteiger partial charge in [-0.2, -0.15) is 0 Å². The van der Waals surface area contributed by atoms with Crippen LogP contribution in [0, 0.1) is 11.8 Å². The summed E-state index contributed by atoms with van der Waals surface area (Å²) in [6.07, 6.45) is 9.23. The zero-order chi connectivity index (χ0) is 17.4. The first kappa shape index (κ1) is 18.5. The molecule has 1 aromatic rings. The van der Waals surface area contributed by atoms with Crippen molar-refractivity contribution in [3.05, 3.63) is 35.4 Å². The molecule has 3 N–H and O–H groups in total. The van der Waals surface area contributed by atoms with E-state index in [1.54, 1.807) is 0 Å². The van der Waals surface area contributed by atoms with Gasteiger partial charge in [-0.05, 0) is 49.3 Å². The molecule has 0 spiro atoms. The first-order valence-electron chi connectivity index (χ1n) is 9.16. The maximum atomic E-state index is 11.2. The summed E-state index contributed by atoms with van der Waals surface area (Å²) in [5.74, 6) is 5.83. The van der Waals surface area contributed by atoms with Crippen molar-refractivity contribution >= 4 is 5.97 Å². The average molecular weight is 327 g/mol. The van der Waals surface area contributed by atoms with Gasteiger partial charge in [-0.25, -0.2) is 0 Å². The highest BCUT2D eigenvalue weighted by atomic mass is 16.4. The van der Waals surface area contributed by atoms with Crippen LogP contribution in [0.3, 0.4) is 0 Å². The molecular weight excluding hydrogens is 298 g/mol. The van der Waals surface area contributed by atoms with Gasteiger partial charge in [0.25, 0.3) is 0 Å². The highest BCUT2D eigenvalue weighted by Gasteiger charge is 2.42. The van der Waals surface area contributed by atoms with E-state index in [9.17, 15) is 9.90 Å². The van der Waals surface area contributed by atoms with Crippen molar-refractivity contribution in [3.63, 3.8) is 0 Å². The van der Waals surface area contributed by atoms with Crippen molar-refractivity contribution in [2.75, 3.05) is 0 Å². The van der Waals surface area contributed by atoms with E-state index in [1.165, 1.54) is 37.7 Å². The number of carbonyl (C=O) groups is 1. The SMILES string of the molecule is CCCCCCCC#Cc1ccc(C2CCC(N)(C(=O)O)C2)cc1. The molecule has 1 aromatic carbocycles. The third kappa shape index (κ3) is 5.11. The molecule has 2 atom stereocenters. The van der Waals surface area contributed by atoms with Crippen LogP contribution in [0.2, 0.25) is 0 Å². The molecule has 0 saturated heterocycles. The summed E-state index contributed by atoms with van der Waals surface area (Å²) >= 11 is 0. The van der Waals surface area contributed by atoms with Gasteiger partial charge in [0.15, 0.2) is 0 Å². The van der Waals surface area contributed by atoms with Gasteiger partial charge in [-0.3, -0.25) is 4.79 Å². The van der Waals surface area contributed by atoms with E-state index >= 15 is 0 Å². The summed E-state index contributed by atoms with van der Waals surface area (Å²) in [7, 11) is 0. The van der Waals surface area contributed by atoms with Gasteiger partial charge in [0, 0.05) is 12.0 Å². The van der Waals surface area contributed by atoms with Crippen LogP contribution >= 0.6 is 0 Å². The Bertz CT molecular complexity index is 597. The van der Waals surface area contributed by atoms with Crippen LogP contribution in [0.15, 0.2) is 24.3 Å². The number of aliphatic carboxylic acids is 1. The average Bonchev–Trinajstić information content (AvgIpc) is 2.98. The zero-order valence-electron chi connectivity index (χ0n) is 14.7. The Hall–Kier alpha value is -1.79. The maximum Gasteiger partial charge on any atom is 0.323 e. The summed E-state index contributed by atoms with van der Waals surface area (Å²) in [5.41, 5.74) is 7.11. The molecule has 1 saturated carbocycles. The number of unbranched alkanes of at least 4 members (excludes halogenated alkanes) is 5. The summed E-state index contributed by atoms with van der Waals surface area (Å²) < 4.78 is 0. The minimum absolute atomic E-state index is 0.242. The van der Waals surface area contributed by atoms with Gasteiger partial charge in [0.05, 0.1) is 0 Å². The lowest BCUT2D eigenvalue weighted by Crippen LogP contribution is -2.45. The first-order chi connectivity index (χ1) is 11.5. The van der Waals surface area contributed by atoms with E-state index in [2.05, 4.69) is 30.9 Å². The van der Waals surface area contributed by atoms with Crippen LogP contribution in [0.4, 0.5) is 0 Å². The minimum atomic E-state index is -1.05. The molecule has 130 valence electrons. The van der Waals surface area contributed by atoms with Gasteiger partial charge in [-0.15, -0.1) is 0 Å². The molecule has 24 heavy (non-hydrogen) atoms. The second-order valence-corrected chi connectivity index (χ2v) is 6.99. The van der Waals surface area contributed by atoms with Gasteiger partial charge in [-0.1, -0.05) is 56.6 Å². The monoisotopic (exact) mass is 327 g/mol. The molecular formula is C21H29NO2. The molecule has 3 heteroatoms. The minimum Gasteiger partial charge on any atom is -0.480 e. The molecule has 2 rings (SSSR count). The fourth-order valence-electron chi connectivity index (χ4n) is 3.37. The molecule has 1 aliphatic carbocycles. The fourth-order valence-corrected chi connectivity index (χ4v) is 3.37. The quantitative estimate of drug-likeness (QED) is 0.574. The third-order valence-electron chi connectivity index (χ3n) is 5.00. The van der Waals surface area contributed by atoms with Crippen LogP contribution in [0.1, 0.15) is 81.8 Å². The molecule has 2 unspecified atom stereocenters. The molecule has 0 aliphatic heterocycles. The summed E-state index contributed by atoms with van der Waals surface area (Å²) in [6, 6.07) is 8.22. The standard InChI is InChI=1S/C21H29NO2/c1-2-3-4-5-6-7-8-9-17-10-12-18(13-11-17)19-14-15-21(22,16-19)20(23)24/h10-13,19H,2-7,14-16,22H2,1H3,(H,23,24). The summed E-state index contributed by atoms with van der Waals surface area (Å²) in [5, 5.41) is 9.23. The number of nitrogens with two attached hydrogens (primary N) is 1. The smallest absolute Gasteiger partial charge is 0.323 e. The third-order valence-corrected chi connectivity index (χ3v) is 5.00. The van der Waals surface area contributed by atoms with E-state index in [0.717, 1.165) is 18.4 Å². The van der Waals surface area contributed by atoms with Crippen molar-refractivity contribution in [2.24, 2.45) is 5.73 Å². The number of carboxylic acid groups (broad SMARTS) is 1. The molecule has 3 nitrogen and oxygen atoms in total. The number of hydrogen-bond acceptors (Lipinski definition) is 2. The molecule has 0 radical (unpaired) electrons. The second kappa shape index (κ2) is 8.89. The number of rotatable bonds is 7. The molecule has 1 fully saturated rings. The summed E-state index contributed by atoms with van der Waals surface area (Å²) in [4.78, 5) is 11.2. The molecule has 0 heterocycles. The lowest BCUT2D eigenvalue weighted by atomic mass is 9.93. The lowest BCUT2D eigenvalue weighted by molar-refractivity contribution is -0.143. The summed E-state index contributed by atoms with van der Waals surface area (Å²) in [6.45, 7) is 2.23. The Morgan fingerprint density at radius 2 is 1.96 bits per heavy atom. The predicted octanol–water partition coefficient (Wildman–Crippen LogP) is 4.45. The Morgan fingerprint density at radius 1 is 1.25 bits per heavy atom.